The highest BCUT2D eigenvalue weighted by Crippen LogP contribution is 2.41. The smallest absolute Gasteiger partial charge is 0.0542 e. The minimum absolute atomic E-state index is 0.0507. The van der Waals surface area contributed by atoms with E-state index in [4.69, 9.17) is 0 Å². The third-order valence-corrected chi connectivity index (χ3v) is 11.9. The van der Waals surface area contributed by atoms with Crippen molar-refractivity contribution in [3.05, 3.63) is 180 Å². The van der Waals surface area contributed by atoms with E-state index < -0.39 is 0 Å². The van der Waals surface area contributed by atoms with Gasteiger partial charge in [-0.3, -0.25) is 0 Å². The first-order valence-corrected chi connectivity index (χ1v) is 19.7. The molecule has 0 spiro atoms. The van der Waals surface area contributed by atoms with Gasteiger partial charge in [-0.1, -0.05) is 146 Å². The van der Waals surface area contributed by atoms with Gasteiger partial charge >= 0.3 is 0 Å². The van der Waals surface area contributed by atoms with Crippen molar-refractivity contribution in [3.8, 4) is 22.5 Å². The van der Waals surface area contributed by atoms with Crippen LogP contribution in [0.15, 0.2) is 158 Å². The molecule has 9 rings (SSSR count). The first kappa shape index (κ1) is 34.9. The number of rotatable bonds is 5. The molecule has 0 unspecified atom stereocenters. The summed E-state index contributed by atoms with van der Waals surface area (Å²) >= 11 is 0. The molecule has 0 aliphatic rings. The van der Waals surface area contributed by atoms with Crippen LogP contribution in [-0.4, -0.2) is 9.13 Å². The van der Waals surface area contributed by atoms with E-state index in [9.17, 15) is 0 Å². The Morgan fingerprint density at radius 3 is 1.33 bits per heavy atom. The maximum absolute atomic E-state index is 2.48. The van der Waals surface area contributed by atoms with Crippen molar-refractivity contribution in [1.82, 2.24) is 9.13 Å². The maximum Gasteiger partial charge on any atom is 0.0542 e. The summed E-state index contributed by atoms with van der Waals surface area (Å²) in [5, 5.41) is 5.10. The van der Waals surface area contributed by atoms with Crippen molar-refractivity contribution in [2.24, 2.45) is 0 Å². The summed E-state index contributed by atoms with van der Waals surface area (Å²) in [6.07, 6.45) is 0. The number of aromatic nitrogens is 2. The number of fused-ring (bicyclic) bond motifs is 6. The Balaban J connectivity index is 1.31. The molecule has 0 N–H and O–H groups in total. The summed E-state index contributed by atoms with van der Waals surface area (Å²) in [4.78, 5) is 0. The average Bonchev–Trinajstić information content (AvgIpc) is 3.69. The van der Waals surface area contributed by atoms with E-state index in [-0.39, 0.29) is 16.2 Å². The summed E-state index contributed by atoms with van der Waals surface area (Å²) < 4.78 is 4.95. The van der Waals surface area contributed by atoms with Crippen molar-refractivity contribution < 1.29 is 0 Å². The standard InChI is InChI=1S/C53H50N2/c1-51(2,3)38-23-27-48-44(32-38)45-33-39(52(4,5)6)24-28-49(45)55(48)42-25-29-50-46(34-42)43-30-36(35-16-11-9-12-17-35)22-26-47(43)54(50)41-21-15-20-40(31-41)53(7,8)37-18-13-10-14-19-37/h9-34H,1-8H3. The molecule has 7 aromatic carbocycles. The SMILES string of the molecule is CC(C)(C)c1ccc2c(c1)c1cc(C(C)(C)C)ccc1n2-c1ccc2c(c1)c1cc(-c3ccccc3)ccc1n2-c1cccc(C(C)(C)c2ccccc2)c1. The fraction of sp³-hybridized carbons (Fsp3) is 0.208. The van der Waals surface area contributed by atoms with Gasteiger partial charge in [-0.05, 0) is 111 Å². The van der Waals surface area contributed by atoms with Crippen LogP contribution in [0.1, 0.15) is 77.6 Å². The number of benzene rings is 7. The van der Waals surface area contributed by atoms with Crippen LogP contribution in [0.2, 0.25) is 0 Å². The predicted molar refractivity (Wildman–Crippen MR) is 237 cm³/mol. The van der Waals surface area contributed by atoms with Crippen LogP contribution in [0.5, 0.6) is 0 Å². The Morgan fingerprint density at radius 2 is 0.764 bits per heavy atom. The molecule has 0 aliphatic heterocycles. The normalized spacial score (nSPS) is 12.7. The highest BCUT2D eigenvalue weighted by molar-refractivity contribution is 6.13. The van der Waals surface area contributed by atoms with Crippen LogP contribution >= 0.6 is 0 Å². The monoisotopic (exact) mass is 714 g/mol. The van der Waals surface area contributed by atoms with E-state index in [0.717, 1.165) is 0 Å². The molecule has 0 atom stereocenters. The molecule has 55 heavy (non-hydrogen) atoms. The quantitative estimate of drug-likeness (QED) is 0.168. The lowest BCUT2D eigenvalue weighted by molar-refractivity contribution is 0.590. The van der Waals surface area contributed by atoms with Crippen molar-refractivity contribution in [2.45, 2.75) is 71.6 Å². The van der Waals surface area contributed by atoms with Crippen molar-refractivity contribution in [1.29, 1.82) is 0 Å². The number of hydrogen-bond donors (Lipinski definition) is 0. The van der Waals surface area contributed by atoms with E-state index >= 15 is 0 Å². The highest BCUT2D eigenvalue weighted by Gasteiger charge is 2.25. The van der Waals surface area contributed by atoms with Gasteiger partial charge in [0.15, 0.2) is 0 Å². The molecule has 0 amide bonds. The summed E-state index contributed by atoms with van der Waals surface area (Å²) in [6.45, 7) is 18.5. The molecular formula is C53H50N2. The van der Waals surface area contributed by atoms with Crippen LogP contribution in [0.3, 0.4) is 0 Å². The largest absolute Gasteiger partial charge is 0.309 e. The van der Waals surface area contributed by atoms with Gasteiger partial charge in [0, 0.05) is 38.3 Å². The topological polar surface area (TPSA) is 9.86 Å². The third kappa shape index (κ3) is 5.87. The van der Waals surface area contributed by atoms with Crippen molar-refractivity contribution in [3.63, 3.8) is 0 Å². The molecular weight excluding hydrogens is 665 g/mol. The second-order valence-corrected chi connectivity index (χ2v) is 18.0. The molecule has 2 nitrogen and oxygen atoms in total. The van der Waals surface area contributed by atoms with Gasteiger partial charge < -0.3 is 9.13 Å². The Bertz CT molecular complexity index is 2820. The average molecular weight is 715 g/mol. The fourth-order valence-electron chi connectivity index (χ4n) is 8.53. The molecule has 2 heteroatoms. The minimum Gasteiger partial charge on any atom is -0.309 e. The van der Waals surface area contributed by atoms with E-state index in [2.05, 4.69) is 222 Å². The van der Waals surface area contributed by atoms with Crippen LogP contribution in [0, 0.1) is 0 Å². The van der Waals surface area contributed by atoms with Gasteiger partial charge in [0.1, 0.15) is 0 Å². The highest BCUT2D eigenvalue weighted by atomic mass is 15.0. The first-order chi connectivity index (χ1) is 26.3. The van der Waals surface area contributed by atoms with Gasteiger partial charge in [-0.25, -0.2) is 0 Å². The van der Waals surface area contributed by atoms with Crippen molar-refractivity contribution in [2.75, 3.05) is 0 Å². The second-order valence-electron chi connectivity index (χ2n) is 18.0. The van der Waals surface area contributed by atoms with Gasteiger partial charge in [-0.15, -0.1) is 0 Å². The van der Waals surface area contributed by atoms with E-state index in [0.29, 0.717) is 0 Å². The fourth-order valence-corrected chi connectivity index (χ4v) is 8.53. The Hall–Kier alpha value is -5.86. The van der Waals surface area contributed by atoms with Crippen LogP contribution in [-0.2, 0) is 16.2 Å². The van der Waals surface area contributed by atoms with E-state index in [1.54, 1.807) is 0 Å². The van der Waals surface area contributed by atoms with Gasteiger partial charge in [-0.2, -0.15) is 0 Å². The zero-order valence-corrected chi connectivity index (χ0v) is 33.4. The zero-order chi connectivity index (χ0) is 38.3. The predicted octanol–water partition coefficient (Wildman–Crippen LogP) is 14.5. The number of hydrogen-bond acceptors (Lipinski definition) is 0. The third-order valence-electron chi connectivity index (χ3n) is 11.9. The molecule has 2 aromatic heterocycles. The molecule has 0 radical (unpaired) electrons. The van der Waals surface area contributed by atoms with Gasteiger partial charge in [0.25, 0.3) is 0 Å². The summed E-state index contributed by atoms with van der Waals surface area (Å²) in [5.41, 5.74) is 14.9. The molecule has 0 saturated carbocycles. The molecule has 0 bridgehead atoms. The summed E-state index contributed by atoms with van der Waals surface area (Å²) in [6, 6.07) is 59.0. The lowest BCUT2D eigenvalue weighted by Gasteiger charge is -2.27. The summed E-state index contributed by atoms with van der Waals surface area (Å²) in [7, 11) is 0. The minimum atomic E-state index is -0.153. The molecule has 0 aliphatic carbocycles. The number of nitrogens with zero attached hydrogens (tertiary/aromatic N) is 2. The molecule has 0 fully saturated rings. The van der Waals surface area contributed by atoms with E-state index in [1.807, 2.05) is 0 Å². The summed E-state index contributed by atoms with van der Waals surface area (Å²) in [5.74, 6) is 0. The van der Waals surface area contributed by atoms with Crippen LogP contribution in [0.4, 0.5) is 0 Å². The second kappa shape index (κ2) is 12.6. The molecule has 272 valence electrons. The molecule has 0 saturated heterocycles. The Morgan fingerprint density at radius 1 is 0.309 bits per heavy atom. The lowest BCUT2D eigenvalue weighted by Crippen LogP contribution is -2.19. The maximum atomic E-state index is 2.48. The Labute approximate surface area is 325 Å². The molecule has 2 heterocycles. The van der Waals surface area contributed by atoms with Gasteiger partial charge in [0.05, 0.1) is 22.1 Å². The van der Waals surface area contributed by atoms with E-state index in [1.165, 1.54) is 88.4 Å². The van der Waals surface area contributed by atoms with Gasteiger partial charge in [0.2, 0.25) is 0 Å². The van der Waals surface area contributed by atoms with Crippen molar-refractivity contribution >= 4 is 43.6 Å². The molecule has 9 aromatic rings. The van der Waals surface area contributed by atoms with Crippen LogP contribution < -0.4 is 0 Å². The zero-order valence-electron chi connectivity index (χ0n) is 33.4. The van der Waals surface area contributed by atoms with Crippen LogP contribution in [0.25, 0.3) is 66.1 Å². The lowest BCUT2D eigenvalue weighted by atomic mass is 9.78. The first-order valence-electron chi connectivity index (χ1n) is 19.7. The Kier molecular flexibility index (Phi) is 7.99.